The molecular formula is C20H24N2O5. The van der Waals surface area contributed by atoms with Crippen molar-refractivity contribution in [1.82, 2.24) is 0 Å². The molecule has 0 aromatic heterocycles. The van der Waals surface area contributed by atoms with Gasteiger partial charge in [-0.2, -0.15) is 0 Å². The smallest absolute Gasteiger partial charge is 0.411 e. The summed E-state index contributed by atoms with van der Waals surface area (Å²) < 4.78 is 15.5. The Balaban J connectivity index is 2.07. The number of methoxy groups -OCH3 is 2. The molecule has 2 aromatic rings. The molecule has 144 valence electrons. The molecule has 27 heavy (non-hydrogen) atoms. The number of hydrogen-bond acceptors (Lipinski definition) is 5. The van der Waals surface area contributed by atoms with Crippen molar-refractivity contribution in [2.45, 2.75) is 13.8 Å². The van der Waals surface area contributed by atoms with Gasteiger partial charge in [-0.1, -0.05) is 19.9 Å². The van der Waals surface area contributed by atoms with Crippen LogP contribution in [-0.2, 0) is 4.74 Å². The van der Waals surface area contributed by atoms with Crippen LogP contribution in [0.4, 0.5) is 16.2 Å². The van der Waals surface area contributed by atoms with E-state index in [1.165, 1.54) is 7.11 Å². The van der Waals surface area contributed by atoms with Gasteiger partial charge in [0.1, 0.15) is 11.5 Å². The standard InChI is InChI=1S/C20H24N2O5/c1-13(2)12-27-20(24)22-15-7-5-6-14(10-15)21-19(23)17-9-8-16(25-3)11-18(17)26-4/h5-11,13H,12H2,1-4H3,(H,21,23)(H,22,24). The maximum atomic E-state index is 12.6. The number of hydrogen-bond donors (Lipinski definition) is 2. The summed E-state index contributed by atoms with van der Waals surface area (Å²) in [6.07, 6.45) is -0.538. The molecule has 0 fully saturated rings. The minimum Gasteiger partial charge on any atom is -0.497 e. The number of benzene rings is 2. The summed E-state index contributed by atoms with van der Waals surface area (Å²) in [6.45, 7) is 4.24. The highest BCUT2D eigenvalue weighted by Gasteiger charge is 2.14. The van der Waals surface area contributed by atoms with Crippen LogP contribution in [0.1, 0.15) is 24.2 Å². The van der Waals surface area contributed by atoms with Crippen LogP contribution in [0.15, 0.2) is 42.5 Å². The summed E-state index contributed by atoms with van der Waals surface area (Å²) in [5.41, 5.74) is 1.41. The van der Waals surface area contributed by atoms with E-state index in [9.17, 15) is 9.59 Å². The summed E-state index contributed by atoms with van der Waals surface area (Å²) in [6, 6.07) is 11.7. The van der Waals surface area contributed by atoms with Gasteiger partial charge in [0.05, 0.1) is 26.4 Å². The molecule has 0 aliphatic carbocycles. The second-order valence-corrected chi connectivity index (χ2v) is 6.22. The molecule has 2 amide bonds. The third-order valence-electron chi connectivity index (χ3n) is 3.57. The highest BCUT2D eigenvalue weighted by Crippen LogP contribution is 2.26. The normalized spacial score (nSPS) is 10.3. The third-order valence-corrected chi connectivity index (χ3v) is 3.57. The molecular weight excluding hydrogens is 348 g/mol. The number of ether oxygens (including phenoxy) is 3. The van der Waals surface area contributed by atoms with Crippen molar-refractivity contribution in [2.24, 2.45) is 5.92 Å². The Bertz CT molecular complexity index is 805. The van der Waals surface area contributed by atoms with Gasteiger partial charge in [0, 0.05) is 17.4 Å². The van der Waals surface area contributed by atoms with Crippen LogP contribution in [0.3, 0.4) is 0 Å². The molecule has 2 aromatic carbocycles. The molecule has 0 aliphatic heterocycles. The third kappa shape index (κ3) is 5.91. The predicted octanol–water partition coefficient (Wildman–Crippen LogP) is 4.16. The van der Waals surface area contributed by atoms with Crippen molar-refractivity contribution in [2.75, 3.05) is 31.5 Å². The van der Waals surface area contributed by atoms with Gasteiger partial charge in [0.2, 0.25) is 0 Å². The molecule has 0 unspecified atom stereocenters. The predicted molar refractivity (Wildman–Crippen MR) is 104 cm³/mol. The van der Waals surface area contributed by atoms with Crippen LogP contribution in [0.2, 0.25) is 0 Å². The minimum atomic E-state index is -0.538. The molecule has 0 bridgehead atoms. The summed E-state index contributed by atoms with van der Waals surface area (Å²) in [4.78, 5) is 24.3. The Morgan fingerprint density at radius 3 is 2.30 bits per heavy atom. The van der Waals surface area contributed by atoms with E-state index in [-0.39, 0.29) is 11.8 Å². The van der Waals surface area contributed by atoms with Gasteiger partial charge >= 0.3 is 6.09 Å². The van der Waals surface area contributed by atoms with Crippen molar-refractivity contribution in [1.29, 1.82) is 0 Å². The molecule has 7 nitrogen and oxygen atoms in total. The zero-order chi connectivity index (χ0) is 19.8. The van der Waals surface area contributed by atoms with Gasteiger partial charge in [-0.3, -0.25) is 10.1 Å². The van der Waals surface area contributed by atoms with Gasteiger partial charge < -0.3 is 19.5 Å². The first-order valence-electron chi connectivity index (χ1n) is 8.50. The van der Waals surface area contributed by atoms with E-state index < -0.39 is 6.09 Å². The molecule has 2 rings (SSSR count). The number of anilines is 2. The maximum Gasteiger partial charge on any atom is 0.411 e. The summed E-state index contributed by atoms with van der Waals surface area (Å²) >= 11 is 0. The van der Waals surface area contributed by atoms with Crippen LogP contribution < -0.4 is 20.1 Å². The average Bonchev–Trinajstić information content (AvgIpc) is 2.66. The Morgan fingerprint density at radius 2 is 1.67 bits per heavy atom. The fraction of sp³-hybridized carbons (Fsp3) is 0.300. The molecule has 0 saturated heterocycles. The molecule has 0 aliphatic rings. The first-order valence-corrected chi connectivity index (χ1v) is 8.50. The van der Waals surface area contributed by atoms with Crippen LogP contribution in [0.5, 0.6) is 11.5 Å². The van der Waals surface area contributed by atoms with Crippen LogP contribution in [0, 0.1) is 5.92 Å². The van der Waals surface area contributed by atoms with Gasteiger partial charge in [-0.15, -0.1) is 0 Å². The first-order chi connectivity index (χ1) is 12.9. The van der Waals surface area contributed by atoms with E-state index in [2.05, 4.69) is 10.6 Å². The monoisotopic (exact) mass is 372 g/mol. The minimum absolute atomic E-state index is 0.251. The fourth-order valence-corrected chi connectivity index (χ4v) is 2.26. The van der Waals surface area contributed by atoms with E-state index in [0.717, 1.165) is 0 Å². The molecule has 2 N–H and O–H groups in total. The van der Waals surface area contributed by atoms with Crippen LogP contribution >= 0.6 is 0 Å². The number of rotatable bonds is 7. The van der Waals surface area contributed by atoms with Crippen molar-refractivity contribution in [3.05, 3.63) is 48.0 Å². The Hall–Kier alpha value is -3.22. The Labute approximate surface area is 158 Å². The van der Waals surface area contributed by atoms with Crippen LogP contribution in [0.25, 0.3) is 0 Å². The van der Waals surface area contributed by atoms with Gasteiger partial charge in [0.15, 0.2) is 0 Å². The lowest BCUT2D eigenvalue weighted by atomic mass is 10.1. The Kier molecular flexibility index (Phi) is 7.05. The highest BCUT2D eigenvalue weighted by atomic mass is 16.5. The Morgan fingerprint density at radius 1 is 0.963 bits per heavy atom. The van der Waals surface area contributed by atoms with Crippen molar-refractivity contribution in [3.63, 3.8) is 0 Å². The first kappa shape index (κ1) is 20.1. The SMILES string of the molecule is COc1ccc(C(=O)Nc2cccc(NC(=O)OCC(C)C)c2)c(OC)c1. The zero-order valence-electron chi connectivity index (χ0n) is 15.9. The average molecular weight is 372 g/mol. The highest BCUT2D eigenvalue weighted by molar-refractivity contribution is 6.06. The summed E-state index contributed by atoms with van der Waals surface area (Å²) in [5.74, 6) is 0.905. The summed E-state index contributed by atoms with van der Waals surface area (Å²) in [5, 5.41) is 5.42. The number of carbonyl (C=O) groups is 2. The molecule has 0 atom stereocenters. The molecule has 7 heteroatoms. The fourth-order valence-electron chi connectivity index (χ4n) is 2.26. The lowest BCUT2D eigenvalue weighted by Gasteiger charge is -2.12. The zero-order valence-corrected chi connectivity index (χ0v) is 15.9. The van der Waals surface area contributed by atoms with Crippen LogP contribution in [-0.4, -0.2) is 32.8 Å². The molecule has 0 radical (unpaired) electrons. The topological polar surface area (TPSA) is 85.9 Å². The van der Waals surface area contributed by atoms with Gasteiger partial charge in [0.25, 0.3) is 5.91 Å². The summed E-state index contributed by atoms with van der Waals surface area (Å²) in [7, 11) is 3.03. The molecule has 0 heterocycles. The lowest BCUT2D eigenvalue weighted by Crippen LogP contribution is -2.17. The number of carbonyl (C=O) groups excluding carboxylic acids is 2. The number of nitrogens with one attached hydrogen (secondary N) is 2. The second kappa shape index (κ2) is 9.47. The largest absolute Gasteiger partial charge is 0.497 e. The van der Waals surface area contributed by atoms with Crippen molar-refractivity contribution < 1.29 is 23.8 Å². The van der Waals surface area contributed by atoms with E-state index in [0.29, 0.717) is 35.0 Å². The van der Waals surface area contributed by atoms with E-state index in [1.807, 2.05) is 13.8 Å². The lowest BCUT2D eigenvalue weighted by molar-refractivity contribution is 0.102. The second-order valence-electron chi connectivity index (χ2n) is 6.22. The quantitative estimate of drug-likeness (QED) is 0.762. The van der Waals surface area contributed by atoms with Crippen molar-refractivity contribution >= 4 is 23.4 Å². The van der Waals surface area contributed by atoms with Crippen molar-refractivity contribution in [3.8, 4) is 11.5 Å². The van der Waals surface area contributed by atoms with E-state index in [4.69, 9.17) is 14.2 Å². The van der Waals surface area contributed by atoms with Gasteiger partial charge in [-0.25, -0.2) is 4.79 Å². The van der Waals surface area contributed by atoms with E-state index in [1.54, 1.807) is 49.6 Å². The molecule has 0 saturated carbocycles. The molecule has 0 spiro atoms. The maximum absolute atomic E-state index is 12.6. The van der Waals surface area contributed by atoms with E-state index >= 15 is 0 Å². The number of amides is 2. The van der Waals surface area contributed by atoms with Gasteiger partial charge in [-0.05, 0) is 36.2 Å².